The second kappa shape index (κ2) is 5.25. The molecule has 0 radical (unpaired) electrons. The number of halogens is 1. The van der Waals surface area contributed by atoms with Gasteiger partial charge in [0.1, 0.15) is 5.82 Å². The molecule has 2 N–H and O–H groups in total. The summed E-state index contributed by atoms with van der Waals surface area (Å²) < 4.78 is 32.8. The van der Waals surface area contributed by atoms with Crippen molar-refractivity contribution >= 4 is 42.9 Å². The lowest BCUT2D eigenvalue weighted by molar-refractivity contribution is 0.554. The SMILES string of the molecule is Cc1cc(Br)cnc1NS(=O)(=O)c1ccc2[nH]c(=O)oc2c1. The molecule has 9 heteroatoms. The Bertz CT molecular complexity index is 1020. The topological polar surface area (TPSA) is 105 Å². The summed E-state index contributed by atoms with van der Waals surface area (Å²) in [4.78, 5) is 17.6. The number of benzene rings is 1. The average Bonchev–Trinajstić information content (AvgIpc) is 2.81. The van der Waals surface area contributed by atoms with Gasteiger partial charge < -0.3 is 4.42 Å². The fourth-order valence-electron chi connectivity index (χ4n) is 1.93. The molecule has 0 aliphatic rings. The van der Waals surface area contributed by atoms with Gasteiger partial charge in [0.05, 0.1) is 10.4 Å². The van der Waals surface area contributed by atoms with Gasteiger partial charge in [-0.05, 0) is 46.6 Å². The molecule has 0 aliphatic heterocycles. The largest absolute Gasteiger partial charge is 0.417 e. The first-order chi connectivity index (χ1) is 10.3. The number of nitrogens with zero attached hydrogens (tertiary/aromatic N) is 1. The molecule has 0 atom stereocenters. The quantitative estimate of drug-likeness (QED) is 0.722. The number of hydrogen-bond donors (Lipinski definition) is 2. The maximum absolute atomic E-state index is 12.4. The number of H-pyrrole nitrogens is 1. The number of pyridine rings is 1. The Hall–Kier alpha value is -2.13. The van der Waals surface area contributed by atoms with Crippen LogP contribution in [0.3, 0.4) is 0 Å². The van der Waals surface area contributed by atoms with Gasteiger partial charge in [-0.3, -0.25) is 9.71 Å². The van der Waals surface area contributed by atoms with Gasteiger partial charge in [0.15, 0.2) is 5.58 Å². The third-order valence-electron chi connectivity index (χ3n) is 2.98. The van der Waals surface area contributed by atoms with Crippen molar-refractivity contribution < 1.29 is 12.8 Å². The predicted octanol–water partition coefficient (Wildman–Crippen LogP) is 2.39. The number of fused-ring (bicyclic) bond motifs is 1. The zero-order chi connectivity index (χ0) is 15.9. The second-order valence-electron chi connectivity index (χ2n) is 4.60. The highest BCUT2D eigenvalue weighted by atomic mass is 79.9. The maximum Gasteiger partial charge on any atom is 0.417 e. The molecule has 2 heterocycles. The van der Waals surface area contributed by atoms with Crippen LogP contribution in [0.1, 0.15) is 5.56 Å². The minimum atomic E-state index is -3.83. The Labute approximate surface area is 133 Å². The van der Waals surface area contributed by atoms with Crippen LogP contribution in [0.2, 0.25) is 0 Å². The molecule has 3 aromatic rings. The summed E-state index contributed by atoms with van der Waals surface area (Å²) in [6.45, 7) is 1.74. The van der Waals surface area contributed by atoms with Gasteiger partial charge in [-0.15, -0.1) is 0 Å². The van der Waals surface area contributed by atoms with E-state index in [9.17, 15) is 13.2 Å². The first kappa shape index (κ1) is 14.8. The van der Waals surface area contributed by atoms with Crippen LogP contribution < -0.4 is 10.5 Å². The molecule has 0 saturated heterocycles. The average molecular weight is 384 g/mol. The lowest BCUT2D eigenvalue weighted by atomic mass is 10.3. The molecule has 0 aliphatic carbocycles. The number of sulfonamides is 1. The second-order valence-corrected chi connectivity index (χ2v) is 7.20. The van der Waals surface area contributed by atoms with E-state index >= 15 is 0 Å². The van der Waals surface area contributed by atoms with E-state index in [1.54, 1.807) is 13.0 Å². The summed E-state index contributed by atoms with van der Waals surface area (Å²) >= 11 is 3.27. The molecule has 0 unspecified atom stereocenters. The minimum absolute atomic E-state index is 0.0214. The molecule has 22 heavy (non-hydrogen) atoms. The summed E-state index contributed by atoms with van der Waals surface area (Å²) in [5, 5.41) is 0. The molecule has 0 spiro atoms. The smallest absolute Gasteiger partial charge is 0.408 e. The number of aromatic amines is 1. The number of oxazole rings is 1. The molecule has 2 aromatic heterocycles. The van der Waals surface area contributed by atoms with Gasteiger partial charge >= 0.3 is 5.76 Å². The van der Waals surface area contributed by atoms with Crippen LogP contribution in [0.25, 0.3) is 11.1 Å². The van der Waals surface area contributed by atoms with E-state index in [2.05, 4.69) is 30.6 Å². The van der Waals surface area contributed by atoms with Crippen LogP contribution in [-0.2, 0) is 10.0 Å². The molecule has 7 nitrogen and oxygen atoms in total. The van der Waals surface area contributed by atoms with Gasteiger partial charge in [0.2, 0.25) is 0 Å². The van der Waals surface area contributed by atoms with E-state index in [4.69, 9.17) is 4.42 Å². The van der Waals surface area contributed by atoms with Crippen LogP contribution in [0.4, 0.5) is 5.82 Å². The minimum Gasteiger partial charge on any atom is -0.408 e. The molecule has 1 aromatic carbocycles. The van der Waals surface area contributed by atoms with E-state index < -0.39 is 15.8 Å². The lowest BCUT2D eigenvalue weighted by Crippen LogP contribution is -2.14. The van der Waals surface area contributed by atoms with E-state index in [1.165, 1.54) is 24.4 Å². The number of aromatic nitrogens is 2. The van der Waals surface area contributed by atoms with Crippen molar-refractivity contribution in [1.29, 1.82) is 0 Å². The zero-order valence-corrected chi connectivity index (χ0v) is 13.7. The lowest BCUT2D eigenvalue weighted by Gasteiger charge is -2.09. The summed E-state index contributed by atoms with van der Waals surface area (Å²) in [5.74, 6) is -0.401. The highest BCUT2D eigenvalue weighted by Gasteiger charge is 2.17. The number of anilines is 1. The normalized spacial score (nSPS) is 11.7. The van der Waals surface area contributed by atoms with E-state index in [0.717, 1.165) is 4.47 Å². The van der Waals surface area contributed by atoms with Crippen LogP contribution >= 0.6 is 15.9 Å². The Morgan fingerprint density at radius 1 is 1.32 bits per heavy atom. The van der Waals surface area contributed by atoms with Crippen molar-refractivity contribution in [1.82, 2.24) is 9.97 Å². The number of rotatable bonds is 3. The van der Waals surface area contributed by atoms with Gasteiger partial charge in [0.25, 0.3) is 10.0 Å². The molecule has 0 saturated carbocycles. The van der Waals surface area contributed by atoms with Gasteiger partial charge in [-0.25, -0.2) is 18.2 Å². The third-order valence-corrected chi connectivity index (χ3v) is 4.75. The van der Waals surface area contributed by atoms with Crippen LogP contribution in [0.5, 0.6) is 0 Å². The first-order valence-corrected chi connectivity index (χ1v) is 8.40. The number of nitrogens with one attached hydrogen (secondary N) is 2. The van der Waals surface area contributed by atoms with E-state index in [1.807, 2.05) is 0 Å². The van der Waals surface area contributed by atoms with Crippen molar-refractivity contribution in [2.45, 2.75) is 11.8 Å². The van der Waals surface area contributed by atoms with Crippen LogP contribution in [0.15, 0.2) is 49.0 Å². The number of aryl methyl sites for hydroxylation is 1. The molecule has 114 valence electrons. The van der Waals surface area contributed by atoms with Crippen molar-refractivity contribution in [3.8, 4) is 0 Å². The Kier molecular flexibility index (Phi) is 3.53. The highest BCUT2D eigenvalue weighted by Crippen LogP contribution is 2.22. The monoisotopic (exact) mass is 383 g/mol. The summed E-state index contributed by atoms with van der Waals surface area (Å²) in [5.41, 5.74) is 1.28. The van der Waals surface area contributed by atoms with Crippen molar-refractivity contribution in [2.75, 3.05) is 4.72 Å². The Balaban J connectivity index is 2.01. The molecular formula is C13H10BrN3O4S. The molecule has 0 bridgehead atoms. The third kappa shape index (κ3) is 2.77. The Morgan fingerprint density at radius 3 is 2.82 bits per heavy atom. The van der Waals surface area contributed by atoms with Crippen molar-refractivity contribution in [3.63, 3.8) is 0 Å². The molecular weight excluding hydrogens is 374 g/mol. The number of hydrogen-bond acceptors (Lipinski definition) is 5. The van der Waals surface area contributed by atoms with Crippen LogP contribution in [0, 0.1) is 6.92 Å². The summed E-state index contributed by atoms with van der Waals surface area (Å²) in [6, 6.07) is 5.88. The van der Waals surface area contributed by atoms with Gasteiger partial charge in [-0.2, -0.15) is 0 Å². The van der Waals surface area contributed by atoms with Crippen molar-refractivity contribution in [2.24, 2.45) is 0 Å². The zero-order valence-electron chi connectivity index (χ0n) is 11.3. The first-order valence-electron chi connectivity index (χ1n) is 6.13. The van der Waals surface area contributed by atoms with E-state index in [-0.39, 0.29) is 16.3 Å². The highest BCUT2D eigenvalue weighted by molar-refractivity contribution is 9.10. The fraction of sp³-hybridized carbons (Fsp3) is 0.0769. The van der Waals surface area contributed by atoms with E-state index in [0.29, 0.717) is 11.1 Å². The molecule has 3 rings (SSSR count). The summed E-state index contributed by atoms with van der Waals surface area (Å²) in [7, 11) is -3.83. The summed E-state index contributed by atoms with van der Waals surface area (Å²) in [6.07, 6.45) is 1.50. The van der Waals surface area contributed by atoms with Crippen molar-refractivity contribution in [3.05, 3.63) is 51.0 Å². The Morgan fingerprint density at radius 2 is 2.09 bits per heavy atom. The van der Waals surface area contributed by atoms with Crippen LogP contribution in [-0.4, -0.2) is 18.4 Å². The van der Waals surface area contributed by atoms with Gasteiger partial charge in [0, 0.05) is 16.7 Å². The predicted molar refractivity (Wildman–Crippen MR) is 84.3 cm³/mol. The maximum atomic E-state index is 12.4. The van der Waals surface area contributed by atoms with Gasteiger partial charge in [-0.1, -0.05) is 0 Å². The standard InChI is InChI=1S/C13H10BrN3O4S/c1-7-4-8(14)6-15-12(7)17-22(19,20)9-2-3-10-11(5-9)21-13(18)16-10/h2-6H,1H3,(H,15,17)(H,16,18). The molecule has 0 fully saturated rings. The molecule has 0 amide bonds. The fourth-order valence-corrected chi connectivity index (χ4v) is 3.47.